The molecule has 2 aliphatic heterocycles. The van der Waals surface area contributed by atoms with E-state index >= 15 is 0 Å². The molecular formula is C19H21NO3S. The summed E-state index contributed by atoms with van der Waals surface area (Å²) in [6.45, 7) is 2.20. The van der Waals surface area contributed by atoms with Gasteiger partial charge < -0.3 is 14.4 Å². The van der Waals surface area contributed by atoms with Crippen LogP contribution < -0.4 is 9.47 Å². The Morgan fingerprint density at radius 1 is 1.29 bits per heavy atom. The van der Waals surface area contributed by atoms with E-state index in [1.807, 2.05) is 29.5 Å². The Bertz CT molecular complexity index is 722. The number of carbonyl (C=O) groups is 1. The van der Waals surface area contributed by atoms with E-state index < -0.39 is 0 Å². The number of nitrogens with zero attached hydrogens (tertiary/aromatic N) is 1. The van der Waals surface area contributed by atoms with E-state index in [4.69, 9.17) is 9.47 Å². The SMILES string of the molecule is CN(CCc1c2c(cc3c1OCC3)OCC2)C(=O)Cc1cccs1. The van der Waals surface area contributed by atoms with Gasteiger partial charge in [0.15, 0.2) is 0 Å². The lowest BCUT2D eigenvalue weighted by Gasteiger charge is -2.19. The van der Waals surface area contributed by atoms with Crippen LogP contribution >= 0.6 is 11.3 Å². The number of benzene rings is 1. The number of likely N-dealkylation sites (N-methyl/N-ethyl adjacent to an activating group) is 1. The molecule has 0 aliphatic carbocycles. The fourth-order valence-electron chi connectivity index (χ4n) is 3.45. The summed E-state index contributed by atoms with van der Waals surface area (Å²) in [4.78, 5) is 15.3. The third-order valence-electron chi connectivity index (χ3n) is 4.79. The monoisotopic (exact) mass is 343 g/mol. The standard InChI is InChI=1S/C19H21NO3S/c1-20(18(21)12-14-3-2-10-24-14)7-4-16-15-6-9-22-17(15)11-13-5-8-23-19(13)16/h2-3,10-11H,4-9,12H2,1H3. The Morgan fingerprint density at radius 2 is 2.17 bits per heavy atom. The lowest BCUT2D eigenvalue weighted by Crippen LogP contribution is -2.30. The zero-order valence-electron chi connectivity index (χ0n) is 13.8. The minimum Gasteiger partial charge on any atom is -0.493 e. The van der Waals surface area contributed by atoms with E-state index in [0.29, 0.717) is 13.0 Å². The van der Waals surface area contributed by atoms with E-state index in [-0.39, 0.29) is 5.91 Å². The first-order valence-corrected chi connectivity index (χ1v) is 9.30. The van der Waals surface area contributed by atoms with Crippen LogP contribution in [0, 0.1) is 0 Å². The second-order valence-electron chi connectivity index (χ2n) is 6.34. The van der Waals surface area contributed by atoms with E-state index in [0.717, 1.165) is 48.9 Å². The van der Waals surface area contributed by atoms with Crippen molar-refractivity contribution in [2.45, 2.75) is 25.7 Å². The van der Waals surface area contributed by atoms with Crippen molar-refractivity contribution >= 4 is 17.2 Å². The zero-order chi connectivity index (χ0) is 16.5. The van der Waals surface area contributed by atoms with Crippen molar-refractivity contribution in [1.82, 2.24) is 4.90 Å². The van der Waals surface area contributed by atoms with Crippen molar-refractivity contribution in [2.24, 2.45) is 0 Å². The van der Waals surface area contributed by atoms with Gasteiger partial charge in [0, 0.05) is 48.0 Å². The first-order chi connectivity index (χ1) is 11.7. The molecule has 0 fully saturated rings. The van der Waals surface area contributed by atoms with Gasteiger partial charge in [0.05, 0.1) is 19.6 Å². The molecule has 2 aromatic rings. The molecule has 0 saturated carbocycles. The van der Waals surface area contributed by atoms with E-state index in [2.05, 4.69) is 6.07 Å². The molecule has 0 atom stereocenters. The van der Waals surface area contributed by atoms with Gasteiger partial charge in [-0.1, -0.05) is 6.07 Å². The summed E-state index contributed by atoms with van der Waals surface area (Å²) in [5, 5.41) is 2.01. The number of hydrogen-bond donors (Lipinski definition) is 0. The quantitative estimate of drug-likeness (QED) is 0.838. The molecule has 126 valence electrons. The van der Waals surface area contributed by atoms with Gasteiger partial charge in [-0.2, -0.15) is 0 Å². The van der Waals surface area contributed by atoms with Crippen molar-refractivity contribution in [3.8, 4) is 11.5 Å². The third kappa shape index (κ3) is 2.88. The summed E-state index contributed by atoms with van der Waals surface area (Å²) < 4.78 is 11.6. The number of ether oxygens (including phenoxy) is 2. The number of hydrogen-bond acceptors (Lipinski definition) is 4. The summed E-state index contributed by atoms with van der Waals surface area (Å²) in [6.07, 6.45) is 3.20. The van der Waals surface area contributed by atoms with Gasteiger partial charge in [0.25, 0.3) is 0 Å². The lowest BCUT2D eigenvalue weighted by atomic mass is 9.97. The molecule has 0 radical (unpaired) electrons. The number of rotatable bonds is 5. The van der Waals surface area contributed by atoms with E-state index in [1.165, 1.54) is 16.7 Å². The van der Waals surface area contributed by atoms with Gasteiger partial charge in [0.2, 0.25) is 5.91 Å². The topological polar surface area (TPSA) is 38.8 Å². The highest BCUT2D eigenvalue weighted by Crippen LogP contribution is 2.40. The minimum atomic E-state index is 0.166. The highest BCUT2D eigenvalue weighted by atomic mass is 32.1. The Balaban J connectivity index is 1.47. The van der Waals surface area contributed by atoms with Gasteiger partial charge in [-0.3, -0.25) is 4.79 Å². The molecule has 0 saturated heterocycles. The number of thiophene rings is 1. The third-order valence-corrected chi connectivity index (χ3v) is 5.67. The van der Waals surface area contributed by atoms with Crippen LogP contribution in [-0.2, 0) is 30.5 Å². The predicted octanol–water partition coefficient (Wildman–Crippen LogP) is 2.86. The average Bonchev–Trinajstić information content (AvgIpc) is 3.31. The molecule has 2 aliphatic rings. The average molecular weight is 343 g/mol. The summed E-state index contributed by atoms with van der Waals surface area (Å²) in [5.74, 6) is 2.22. The molecule has 5 heteroatoms. The van der Waals surface area contributed by atoms with E-state index in [9.17, 15) is 4.79 Å². The number of fused-ring (bicyclic) bond motifs is 2. The minimum absolute atomic E-state index is 0.166. The van der Waals surface area contributed by atoms with E-state index in [1.54, 1.807) is 11.3 Å². The summed E-state index contributed by atoms with van der Waals surface area (Å²) in [6, 6.07) is 6.14. The van der Waals surface area contributed by atoms with Crippen molar-refractivity contribution in [3.63, 3.8) is 0 Å². The molecule has 0 unspecified atom stereocenters. The first-order valence-electron chi connectivity index (χ1n) is 8.42. The van der Waals surface area contributed by atoms with Crippen LogP contribution in [0.3, 0.4) is 0 Å². The Morgan fingerprint density at radius 3 is 3.00 bits per heavy atom. The van der Waals surface area contributed by atoms with Crippen LogP contribution in [0.15, 0.2) is 23.6 Å². The molecular weight excluding hydrogens is 322 g/mol. The smallest absolute Gasteiger partial charge is 0.227 e. The van der Waals surface area contributed by atoms with Gasteiger partial charge in [-0.05, 0) is 23.9 Å². The van der Waals surface area contributed by atoms with Crippen LogP contribution in [0.2, 0.25) is 0 Å². The lowest BCUT2D eigenvalue weighted by molar-refractivity contribution is -0.129. The van der Waals surface area contributed by atoms with Crippen LogP contribution in [-0.4, -0.2) is 37.6 Å². The first kappa shape index (κ1) is 15.5. The fourth-order valence-corrected chi connectivity index (χ4v) is 4.15. The van der Waals surface area contributed by atoms with Gasteiger partial charge >= 0.3 is 0 Å². The van der Waals surface area contributed by atoms with Crippen LogP contribution in [0.1, 0.15) is 21.6 Å². The summed E-state index contributed by atoms with van der Waals surface area (Å²) in [5.41, 5.74) is 3.77. The van der Waals surface area contributed by atoms with Gasteiger partial charge in [0.1, 0.15) is 11.5 Å². The molecule has 24 heavy (non-hydrogen) atoms. The fraction of sp³-hybridized carbons (Fsp3) is 0.421. The summed E-state index contributed by atoms with van der Waals surface area (Å²) in [7, 11) is 1.89. The van der Waals surface area contributed by atoms with Crippen LogP contribution in [0.5, 0.6) is 11.5 Å². The summed E-state index contributed by atoms with van der Waals surface area (Å²) >= 11 is 1.63. The normalized spacial score (nSPS) is 14.7. The van der Waals surface area contributed by atoms with Crippen molar-refractivity contribution in [1.29, 1.82) is 0 Å². The number of carbonyl (C=O) groups excluding carboxylic acids is 1. The maximum absolute atomic E-state index is 12.4. The van der Waals surface area contributed by atoms with Crippen molar-refractivity contribution in [3.05, 3.63) is 45.1 Å². The van der Waals surface area contributed by atoms with Gasteiger partial charge in [-0.25, -0.2) is 0 Å². The molecule has 0 spiro atoms. The molecule has 1 aromatic heterocycles. The Kier molecular flexibility index (Phi) is 4.19. The highest BCUT2D eigenvalue weighted by molar-refractivity contribution is 7.10. The molecule has 4 rings (SSSR count). The Labute approximate surface area is 146 Å². The molecule has 4 nitrogen and oxygen atoms in total. The molecule has 1 amide bonds. The largest absolute Gasteiger partial charge is 0.493 e. The Hall–Kier alpha value is -2.01. The second kappa shape index (κ2) is 6.48. The zero-order valence-corrected chi connectivity index (χ0v) is 14.7. The maximum Gasteiger partial charge on any atom is 0.227 e. The molecule has 0 N–H and O–H groups in total. The van der Waals surface area contributed by atoms with Crippen molar-refractivity contribution in [2.75, 3.05) is 26.8 Å². The molecule has 3 heterocycles. The highest BCUT2D eigenvalue weighted by Gasteiger charge is 2.26. The number of amides is 1. The van der Waals surface area contributed by atoms with Crippen LogP contribution in [0.4, 0.5) is 0 Å². The van der Waals surface area contributed by atoms with Crippen LogP contribution in [0.25, 0.3) is 0 Å². The maximum atomic E-state index is 12.4. The van der Waals surface area contributed by atoms with Crippen molar-refractivity contribution < 1.29 is 14.3 Å². The molecule has 0 bridgehead atoms. The predicted molar refractivity (Wildman–Crippen MR) is 94.2 cm³/mol. The van der Waals surface area contributed by atoms with Gasteiger partial charge in [-0.15, -0.1) is 11.3 Å². The second-order valence-corrected chi connectivity index (χ2v) is 7.37. The molecule has 1 aromatic carbocycles.